The maximum atomic E-state index is 11.7. The molecular formula is C46H88O19S3. The summed E-state index contributed by atoms with van der Waals surface area (Å²) in [6, 6.07) is 0. The van der Waals surface area contributed by atoms with E-state index in [4.69, 9.17) is 61.6 Å². The van der Waals surface area contributed by atoms with Crippen LogP contribution in [0.25, 0.3) is 0 Å². The van der Waals surface area contributed by atoms with Gasteiger partial charge in [0.1, 0.15) is 6.10 Å². The van der Waals surface area contributed by atoms with Crippen molar-refractivity contribution in [3.05, 3.63) is 0 Å². The Labute approximate surface area is 420 Å². The molecule has 2 fully saturated rings. The normalized spacial score (nSPS) is 22.6. The SMILES string of the molecule is C.CCCCOCCOCCOCCOCCOCCOCCOCCCSCC(O)COC(COC1COC(C)(C(=O)O)OC1)CSCC(COC1CCC(C)(C(=O)O)CC1)OCC(O)CS. The van der Waals surface area contributed by atoms with Crippen molar-refractivity contribution in [1.29, 1.82) is 0 Å². The highest BCUT2D eigenvalue weighted by Crippen LogP contribution is 2.37. The summed E-state index contributed by atoms with van der Waals surface area (Å²) >= 11 is 7.31. The van der Waals surface area contributed by atoms with Crippen molar-refractivity contribution in [2.24, 2.45) is 5.41 Å². The molecule has 2 rings (SSSR count). The molecule has 2 aliphatic rings. The Morgan fingerprint density at radius 2 is 1.03 bits per heavy atom. The molecule has 404 valence electrons. The van der Waals surface area contributed by atoms with Crippen molar-refractivity contribution < 1.29 is 91.6 Å². The van der Waals surface area contributed by atoms with Crippen LogP contribution >= 0.6 is 36.2 Å². The molecule has 0 radical (unpaired) electrons. The molecule has 1 aliphatic heterocycles. The Kier molecular flexibility index (Phi) is 40.2. The molecule has 0 aromatic heterocycles. The van der Waals surface area contributed by atoms with Gasteiger partial charge in [-0.1, -0.05) is 20.8 Å². The maximum Gasteiger partial charge on any atom is 0.364 e. The molecule has 1 aliphatic carbocycles. The molecule has 4 N–H and O–H groups in total. The van der Waals surface area contributed by atoms with Gasteiger partial charge < -0.3 is 82.0 Å². The second-order valence-corrected chi connectivity index (χ2v) is 19.3. The monoisotopic (exact) mass is 1040 g/mol. The molecule has 0 spiro atoms. The van der Waals surface area contributed by atoms with E-state index in [1.807, 2.05) is 0 Å². The lowest BCUT2D eigenvalue weighted by molar-refractivity contribution is -0.285. The number of carboxylic acids is 2. The summed E-state index contributed by atoms with van der Waals surface area (Å²) in [6.07, 6.45) is 2.52. The predicted molar refractivity (Wildman–Crippen MR) is 264 cm³/mol. The van der Waals surface area contributed by atoms with Crippen LogP contribution in [0.2, 0.25) is 0 Å². The summed E-state index contributed by atoms with van der Waals surface area (Å²) in [6.45, 7) is 13.4. The van der Waals surface area contributed by atoms with Crippen molar-refractivity contribution in [2.75, 3.05) is 161 Å². The van der Waals surface area contributed by atoms with E-state index >= 15 is 0 Å². The van der Waals surface area contributed by atoms with Gasteiger partial charge in [-0.3, -0.25) is 4.79 Å². The van der Waals surface area contributed by atoms with Crippen LogP contribution in [0.15, 0.2) is 0 Å². The molecule has 68 heavy (non-hydrogen) atoms. The summed E-state index contributed by atoms with van der Waals surface area (Å²) in [5.74, 6) is -1.23. The molecule has 0 aromatic rings. The second kappa shape index (κ2) is 41.8. The van der Waals surface area contributed by atoms with E-state index in [0.717, 1.165) is 31.6 Å². The molecule has 1 saturated carbocycles. The number of thiol groups is 1. The van der Waals surface area contributed by atoms with Crippen LogP contribution in [-0.4, -0.2) is 236 Å². The minimum atomic E-state index is -1.73. The molecule has 0 bridgehead atoms. The summed E-state index contributed by atoms with van der Waals surface area (Å²) in [4.78, 5) is 23.2. The van der Waals surface area contributed by atoms with Crippen molar-refractivity contribution in [1.82, 2.24) is 0 Å². The molecule has 0 aromatic carbocycles. The Balaban J connectivity index is 0.0000231. The van der Waals surface area contributed by atoms with Gasteiger partial charge in [-0.2, -0.15) is 36.2 Å². The van der Waals surface area contributed by atoms with Crippen LogP contribution in [0.5, 0.6) is 0 Å². The van der Waals surface area contributed by atoms with Gasteiger partial charge in [0.05, 0.1) is 155 Å². The number of aliphatic hydroxyl groups is 2. The van der Waals surface area contributed by atoms with Gasteiger partial charge in [0.25, 0.3) is 5.79 Å². The lowest BCUT2D eigenvalue weighted by atomic mass is 9.75. The van der Waals surface area contributed by atoms with Crippen LogP contribution < -0.4 is 0 Å². The minimum Gasteiger partial charge on any atom is -0.481 e. The van der Waals surface area contributed by atoms with Gasteiger partial charge in [-0.15, -0.1) is 0 Å². The lowest BCUT2D eigenvalue weighted by Crippen LogP contribution is -2.50. The molecule has 1 heterocycles. The smallest absolute Gasteiger partial charge is 0.364 e. The summed E-state index contributed by atoms with van der Waals surface area (Å²) < 4.78 is 73.9. The largest absolute Gasteiger partial charge is 0.481 e. The number of thioether (sulfide) groups is 2. The third-order valence-corrected chi connectivity index (χ3v) is 13.5. The third kappa shape index (κ3) is 32.5. The molecule has 1 saturated heterocycles. The predicted octanol–water partition coefficient (Wildman–Crippen LogP) is 4.10. The topological polar surface area (TPSA) is 235 Å². The first-order valence-corrected chi connectivity index (χ1v) is 26.7. The summed E-state index contributed by atoms with van der Waals surface area (Å²) in [5, 5.41) is 39.9. The van der Waals surface area contributed by atoms with E-state index in [9.17, 15) is 30.0 Å². The van der Waals surface area contributed by atoms with Gasteiger partial charge >= 0.3 is 11.9 Å². The quantitative estimate of drug-likeness (QED) is 0.0427. The zero-order valence-electron chi connectivity index (χ0n) is 40.3. The number of carboxylic acid groups (broad SMARTS) is 2. The maximum absolute atomic E-state index is 11.7. The van der Waals surface area contributed by atoms with E-state index in [-0.39, 0.29) is 65.0 Å². The second-order valence-electron chi connectivity index (χ2n) is 16.7. The number of carbonyl (C=O) groups is 2. The zero-order valence-corrected chi connectivity index (χ0v) is 42.8. The van der Waals surface area contributed by atoms with Gasteiger partial charge in [-0.05, 0) is 51.2 Å². The highest BCUT2D eigenvalue weighted by molar-refractivity contribution is 7.99. The fraction of sp³-hybridized carbons (Fsp3) is 0.957. The summed E-state index contributed by atoms with van der Waals surface area (Å²) in [7, 11) is 0. The Morgan fingerprint density at radius 1 is 0.603 bits per heavy atom. The van der Waals surface area contributed by atoms with Gasteiger partial charge in [0, 0.05) is 43.1 Å². The first-order chi connectivity index (χ1) is 32.4. The Hall–Kier alpha value is -0.610. The average molecular weight is 1040 g/mol. The highest BCUT2D eigenvalue weighted by Gasteiger charge is 2.41. The van der Waals surface area contributed by atoms with Crippen LogP contribution in [0.1, 0.15) is 73.1 Å². The average Bonchev–Trinajstić information content (AvgIpc) is 3.32. The molecule has 22 heteroatoms. The number of aliphatic hydroxyl groups excluding tert-OH is 2. The molecule has 19 nitrogen and oxygen atoms in total. The van der Waals surface area contributed by atoms with E-state index in [1.54, 1.807) is 30.4 Å². The number of hydrogen-bond donors (Lipinski definition) is 5. The molecule has 4 atom stereocenters. The van der Waals surface area contributed by atoms with Crippen LogP contribution in [0.3, 0.4) is 0 Å². The number of unbranched alkanes of at least 4 members (excludes halogenated alkanes) is 1. The van der Waals surface area contributed by atoms with E-state index in [1.165, 1.54) is 6.92 Å². The van der Waals surface area contributed by atoms with Crippen molar-refractivity contribution in [3.8, 4) is 0 Å². The van der Waals surface area contributed by atoms with Crippen molar-refractivity contribution in [3.63, 3.8) is 0 Å². The molecule has 4 unspecified atom stereocenters. The lowest BCUT2D eigenvalue weighted by Gasteiger charge is -2.34. The number of aliphatic carboxylic acids is 2. The molecular weight excluding hydrogens is 953 g/mol. The number of ether oxygens (including phenoxy) is 13. The number of rotatable bonds is 46. The fourth-order valence-corrected chi connectivity index (χ4v) is 8.28. The van der Waals surface area contributed by atoms with E-state index < -0.39 is 47.6 Å². The first-order valence-electron chi connectivity index (χ1n) is 23.8. The van der Waals surface area contributed by atoms with Crippen LogP contribution in [0, 0.1) is 5.41 Å². The standard InChI is InChI=1S/C45H84O19S3.CH4/c1-4-5-11-52-13-15-54-17-19-56-21-23-58-24-22-57-20-18-55-16-14-53-12-6-25-66-33-37(47)27-60-41(29-62-39-30-63-45(3,43(50)51)64-31-39)35-67-34-40(59-26-36(46)32-65)28-61-38-7-9-44(2,10-8-38)42(48)49;/h36-41,46-47,65H,4-35H2,1-3H3,(H,48,49)(H,50,51);1H4. The van der Waals surface area contributed by atoms with Gasteiger partial charge in [-0.25, -0.2) is 4.79 Å². The van der Waals surface area contributed by atoms with Gasteiger partial charge in [0.15, 0.2) is 0 Å². The zero-order chi connectivity index (χ0) is 48.9. The van der Waals surface area contributed by atoms with Gasteiger partial charge in [0.2, 0.25) is 0 Å². The van der Waals surface area contributed by atoms with Crippen LogP contribution in [0.4, 0.5) is 0 Å². The number of hydrogen-bond acceptors (Lipinski definition) is 20. The van der Waals surface area contributed by atoms with E-state index in [0.29, 0.717) is 129 Å². The Morgan fingerprint density at radius 3 is 1.46 bits per heavy atom. The van der Waals surface area contributed by atoms with Crippen LogP contribution in [-0.2, 0) is 71.2 Å². The minimum absolute atomic E-state index is 0. The molecule has 0 amide bonds. The summed E-state index contributed by atoms with van der Waals surface area (Å²) in [5.41, 5.74) is -0.740. The Bertz CT molecular complexity index is 1200. The van der Waals surface area contributed by atoms with E-state index in [2.05, 4.69) is 19.6 Å². The first kappa shape index (κ1) is 65.4. The van der Waals surface area contributed by atoms with Crippen molar-refractivity contribution in [2.45, 2.75) is 116 Å². The van der Waals surface area contributed by atoms with Crippen molar-refractivity contribution >= 4 is 48.1 Å². The fourth-order valence-electron chi connectivity index (χ4n) is 6.27. The highest BCUT2D eigenvalue weighted by atomic mass is 32.2. The third-order valence-electron chi connectivity index (χ3n) is 10.7.